The Morgan fingerprint density at radius 3 is 2.48 bits per heavy atom. The van der Waals surface area contributed by atoms with E-state index in [2.05, 4.69) is 20.6 Å². The molecule has 2 N–H and O–H groups in total. The summed E-state index contributed by atoms with van der Waals surface area (Å²) in [6, 6.07) is 9.20. The molecule has 4 rings (SSSR count). The van der Waals surface area contributed by atoms with E-state index in [-0.39, 0.29) is 23.1 Å². The minimum Gasteiger partial charge on any atom is -0.372 e. The van der Waals surface area contributed by atoms with Gasteiger partial charge in [0.2, 0.25) is 11.9 Å². The zero-order valence-corrected chi connectivity index (χ0v) is 22.9. The van der Waals surface area contributed by atoms with Crippen molar-refractivity contribution in [2.45, 2.75) is 26.6 Å². The van der Waals surface area contributed by atoms with E-state index in [1.165, 1.54) is 25.1 Å². The van der Waals surface area contributed by atoms with Crippen molar-refractivity contribution >= 4 is 39.8 Å². The van der Waals surface area contributed by atoms with Crippen LogP contribution in [0.15, 0.2) is 48.8 Å². The largest absolute Gasteiger partial charge is 0.419 e. The van der Waals surface area contributed by atoms with Crippen LogP contribution in [-0.2, 0) is 17.5 Å². The Morgan fingerprint density at radius 2 is 1.82 bits per heavy atom. The highest BCUT2D eigenvalue weighted by Crippen LogP contribution is 2.40. The zero-order chi connectivity index (χ0) is 29.2. The summed E-state index contributed by atoms with van der Waals surface area (Å²) in [7, 11) is 5.83. The maximum absolute atomic E-state index is 14.1. The van der Waals surface area contributed by atoms with E-state index in [1.54, 1.807) is 29.0 Å². The number of carbonyl (C=O) groups excluding carboxylic acids is 1. The van der Waals surface area contributed by atoms with Gasteiger partial charge in [0, 0.05) is 68.2 Å². The van der Waals surface area contributed by atoms with Crippen molar-refractivity contribution in [1.82, 2.24) is 19.4 Å². The summed E-state index contributed by atoms with van der Waals surface area (Å²) in [4.78, 5) is 24.1. The van der Waals surface area contributed by atoms with Crippen molar-refractivity contribution in [1.29, 1.82) is 0 Å². The third-order valence-electron chi connectivity index (χ3n) is 6.39. The number of aromatic nitrogens is 3. The smallest absolute Gasteiger partial charge is 0.372 e. The molecule has 2 heterocycles. The van der Waals surface area contributed by atoms with Crippen LogP contribution in [0.2, 0.25) is 0 Å². The Hall–Kier alpha value is -4.19. The Balaban J connectivity index is 1.77. The van der Waals surface area contributed by atoms with Crippen LogP contribution in [0.1, 0.15) is 19.4 Å². The summed E-state index contributed by atoms with van der Waals surface area (Å²) >= 11 is 0. The fourth-order valence-electron chi connectivity index (χ4n) is 4.41. The second-order valence-corrected chi connectivity index (χ2v) is 9.71. The number of rotatable bonds is 9. The first-order valence-electron chi connectivity index (χ1n) is 12.6. The van der Waals surface area contributed by atoms with Crippen molar-refractivity contribution in [2.75, 3.05) is 49.8 Å². The van der Waals surface area contributed by atoms with Crippen molar-refractivity contribution in [3.05, 3.63) is 60.2 Å². The van der Waals surface area contributed by atoms with E-state index in [1.807, 2.05) is 37.9 Å². The quantitative estimate of drug-likeness (QED) is 0.247. The molecule has 8 nitrogen and oxygen atoms in total. The van der Waals surface area contributed by atoms with Gasteiger partial charge in [-0.15, -0.1) is 0 Å². The van der Waals surface area contributed by atoms with Gasteiger partial charge in [-0.25, -0.2) is 14.4 Å². The van der Waals surface area contributed by atoms with Gasteiger partial charge in [0.15, 0.2) is 0 Å². The molecule has 0 bridgehead atoms. The molecule has 2 aromatic carbocycles. The van der Waals surface area contributed by atoms with Crippen molar-refractivity contribution < 1.29 is 22.4 Å². The average Bonchev–Trinajstić information content (AvgIpc) is 3.24. The van der Waals surface area contributed by atoms with E-state index >= 15 is 0 Å². The van der Waals surface area contributed by atoms with E-state index in [0.29, 0.717) is 35.4 Å². The highest BCUT2D eigenvalue weighted by atomic mass is 19.4. The van der Waals surface area contributed by atoms with Crippen LogP contribution in [0.25, 0.3) is 22.2 Å². The molecule has 40 heavy (non-hydrogen) atoms. The summed E-state index contributed by atoms with van der Waals surface area (Å²) in [6.07, 6.45) is -2.48. The second kappa shape index (κ2) is 11.5. The topological polar surface area (TPSA) is 78.3 Å². The fraction of sp³-hybridized carbons (Fsp3) is 0.321. The lowest BCUT2D eigenvalue weighted by Crippen LogP contribution is -2.29. The third-order valence-corrected chi connectivity index (χ3v) is 6.39. The van der Waals surface area contributed by atoms with Gasteiger partial charge in [0.05, 0.1) is 17.1 Å². The molecular weight excluding hydrogens is 526 g/mol. The third kappa shape index (κ3) is 6.33. The van der Waals surface area contributed by atoms with Crippen LogP contribution in [0, 0.1) is 5.82 Å². The van der Waals surface area contributed by atoms with Gasteiger partial charge in [-0.05, 0) is 57.4 Å². The Bertz CT molecular complexity index is 1530. The molecule has 0 atom stereocenters. The van der Waals surface area contributed by atoms with Crippen LogP contribution in [-0.4, -0.2) is 59.6 Å². The Morgan fingerprint density at radius 1 is 1.07 bits per heavy atom. The molecule has 2 aromatic heterocycles. The van der Waals surface area contributed by atoms with Gasteiger partial charge in [0.1, 0.15) is 11.4 Å². The number of nitrogens with one attached hydrogen (secondary N) is 2. The van der Waals surface area contributed by atoms with Gasteiger partial charge >= 0.3 is 6.18 Å². The number of hydrogen-bond acceptors (Lipinski definition) is 6. The summed E-state index contributed by atoms with van der Waals surface area (Å²) in [5.41, 5.74) is 1.09. The number of aryl methyl sites for hydroxylation is 1. The molecular formula is C28H31F4N7O. The number of likely N-dealkylation sites (N-methyl/N-ethyl adjacent to an activating group) is 2. The number of amides is 1. The minimum atomic E-state index is -4.74. The standard InChI is InChI=1S/C28H31F4N7O/c1-6-39-16-21(20-13-18(29)7-9-24(20)39)26-22(28(30,31)32)15-33-27(36-26)35-19-8-10-25(23(14-19)34-17(2)40)38(5)12-11-37(3)4/h7-10,13-16H,6,11-12H2,1-5H3,(H,34,40)(H,33,35,36). The summed E-state index contributed by atoms with van der Waals surface area (Å²) in [5, 5.41) is 6.08. The molecule has 0 aliphatic rings. The van der Waals surface area contributed by atoms with Crippen LogP contribution in [0.4, 0.5) is 40.6 Å². The maximum atomic E-state index is 14.1. The number of nitrogens with zero attached hydrogens (tertiary/aromatic N) is 5. The van der Waals surface area contributed by atoms with E-state index in [0.717, 1.165) is 18.4 Å². The molecule has 0 spiro atoms. The van der Waals surface area contributed by atoms with E-state index in [4.69, 9.17) is 0 Å². The molecule has 12 heteroatoms. The maximum Gasteiger partial charge on any atom is 0.419 e. The number of halogens is 4. The van der Waals surface area contributed by atoms with Gasteiger partial charge in [-0.3, -0.25) is 4.79 Å². The molecule has 0 radical (unpaired) electrons. The molecule has 0 saturated heterocycles. The fourth-order valence-corrected chi connectivity index (χ4v) is 4.41. The van der Waals surface area contributed by atoms with Crippen LogP contribution < -0.4 is 15.5 Å². The van der Waals surface area contributed by atoms with Crippen LogP contribution in [0.3, 0.4) is 0 Å². The lowest BCUT2D eigenvalue weighted by Gasteiger charge is -2.24. The first kappa shape index (κ1) is 28.8. The predicted molar refractivity (Wildman–Crippen MR) is 149 cm³/mol. The highest BCUT2D eigenvalue weighted by molar-refractivity contribution is 5.96. The number of benzene rings is 2. The second-order valence-electron chi connectivity index (χ2n) is 9.71. The highest BCUT2D eigenvalue weighted by Gasteiger charge is 2.36. The molecule has 4 aromatic rings. The van der Waals surface area contributed by atoms with Gasteiger partial charge < -0.3 is 25.0 Å². The molecule has 0 aliphatic heterocycles. The number of hydrogen-bond donors (Lipinski definition) is 2. The minimum absolute atomic E-state index is 0.0840. The first-order valence-corrected chi connectivity index (χ1v) is 12.6. The zero-order valence-electron chi connectivity index (χ0n) is 22.9. The molecule has 0 unspecified atom stereocenters. The van der Waals surface area contributed by atoms with Crippen LogP contribution >= 0.6 is 0 Å². The summed E-state index contributed by atoms with van der Waals surface area (Å²) < 4.78 is 58.0. The molecule has 0 aliphatic carbocycles. The predicted octanol–water partition coefficient (Wildman–Crippen LogP) is 5.98. The average molecular weight is 558 g/mol. The number of fused-ring (bicyclic) bond motifs is 1. The molecule has 212 valence electrons. The lowest BCUT2D eigenvalue weighted by molar-refractivity contribution is -0.137. The van der Waals surface area contributed by atoms with Gasteiger partial charge in [-0.2, -0.15) is 13.2 Å². The van der Waals surface area contributed by atoms with Gasteiger partial charge in [0.25, 0.3) is 0 Å². The first-order chi connectivity index (χ1) is 18.9. The molecule has 0 saturated carbocycles. The molecule has 1 amide bonds. The molecule has 0 fully saturated rings. The summed E-state index contributed by atoms with van der Waals surface area (Å²) in [5.74, 6) is -0.920. The van der Waals surface area contributed by atoms with Crippen molar-refractivity contribution in [3.8, 4) is 11.3 Å². The normalized spacial score (nSPS) is 11.8. The van der Waals surface area contributed by atoms with E-state index in [9.17, 15) is 22.4 Å². The van der Waals surface area contributed by atoms with Gasteiger partial charge in [-0.1, -0.05) is 0 Å². The lowest BCUT2D eigenvalue weighted by atomic mass is 10.1. The van der Waals surface area contributed by atoms with Crippen molar-refractivity contribution in [3.63, 3.8) is 0 Å². The monoisotopic (exact) mass is 557 g/mol. The number of carbonyl (C=O) groups is 1. The number of anilines is 4. The van der Waals surface area contributed by atoms with Crippen molar-refractivity contribution in [2.24, 2.45) is 0 Å². The van der Waals surface area contributed by atoms with E-state index < -0.39 is 17.6 Å². The number of alkyl halides is 3. The SMILES string of the molecule is CCn1cc(-c2nc(Nc3ccc(N(C)CCN(C)C)c(NC(C)=O)c3)ncc2C(F)(F)F)c2cc(F)ccc21. The van der Waals surface area contributed by atoms with Crippen LogP contribution in [0.5, 0.6) is 0 Å². The Labute approximate surface area is 229 Å². The summed E-state index contributed by atoms with van der Waals surface area (Å²) in [6.45, 7) is 5.20. The Kier molecular flexibility index (Phi) is 8.29.